The van der Waals surface area contributed by atoms with Gasteiger partial charge >= 0.3 is 0 Å². The van der Waals surface area contributed by atoms with Crippen molar-refractivity contribution in [3.05, 3.63) is 48.4 Å². The Morgan fingerprint density at radius 3 is 2.56 bits per heavy atom. The van der Waals surface area contributed by atoms with Gasteiger partial charge in [0.2, 0.25) is 0 Å². The van der Waals surface area contributed by atoms with Gasteiger partial charge < -0.3 is 20.8 Å². The molecule has 0 saturated carbocycles. The summed E-state index contributed by atoms with van der Waals surface area (Å²) >= 11 is 4.85. The van der Waals surface area contributed by atoms with Crippen molar-refractivity contribution in [3.8, 4) is 0 Å². The molecule has 18 heavy (non-hydrogen) atoms. The number of nitrogens with one attached hydrogen (secondary N) is 2. The fourth-order valence-electron chi connectivity index (χ4n) is 1.69. The van der Waals surface area contributed by atoms with Gasteiger partial charge in [0.15, 0.2) is 5.11 Å². The lowest BCUT2D eigenvalue weighted by Crippen LogP contribution is -2.20. The summed E-state index contributed by atoms with van der Waals surface area (Å²) < 4.78 is 5.36. The lowest BCUT2D eigenvalue weighted by Gasteiger charge is -2.16. The van der Waals surface area contributed by atoms with Gasteiger partial charge in [0.25, 0.3) is 0 Å². The molecule has 0 saturated heterocycles. The molecule has 0 amide bonds. The van der Waals surface area contributed by atoms with E-state index < -0.39 is 0 Å². The first-order valence-electron chi connectivity index (χ1n) is 5.62. The van der Waals surface area contributed by atoms with Crippen molar-refractivity contribution in [1.82, 2.24) is 0 Å². The number of hydrogen-bond acceptors (Lipinski definition) is 3. The second kappa shape index (κ2) is 5.55. The Morgan fingerprint density at radius 2 is 1.94 bits per heavy atom. The molecule has 1 unspecified atom stereocenters. The summed E-state index contributed by atoms with van der Waals surface area (Å²) in [5.41, 5.74) is 7.27. The Bertz CT molecular complexity index is 525. The molecule has 2 rings (SSSR count). The van der Waals surface area contributed by atoms with Crippen LogP contribution in [0.3, 0.4) is 0 Å². The number of furan rings is 1. The number of benzene rings is 1. The number of thiocarbonyl (C=S) groups is 1. The predicted molar refractivity (Wildman–Crippen MR) is 77.6 cm³/mol. The highest BCUT2D eigenvalue weighted by molar-refractivity contribution is 7.80. The molecule has 0 spiro atoms. The zero-order valence-electron chi connectivity index (χ0n) is 10.0. The van der Waals surface area contributed by atoms with Gasteiger partial charge in [-0.05, 0) is 43.4 Å². The summed E-state index contributed by atoms with van der Waals surface area (Å²) in [7, 11) is 0. The molecule has 1 atom stereocenters. The third kappa shape index (κ3) is 3.01. The molecule has 0 bridgehead atoms. The molecule has 0 aliphatic heterocycles. The Labute approximate surface area is 111 Å². The number of nitrogens with two attached hydrogens (primary N) is 1. The van der Waals surface area contributed by atoms with Crippen molar-refractivity contribution in [2.45, 2.75) is 13.0 Å². The normalized spacial score (nSPS) is 11.8. The van der Waals surface area contributed by atoms with E-state index in [-0.39, 0.29) is 11.2 Å². The van der Waals surface area contributed by atoms with Gasteiger partial charge in [0, 0.05) is 0 Å². The maximum absolute atomic E-state index is 5.49. The standard InChI is InChI=1S/C13H15N3OS/c1-9(12-7-4-8-17-12)15-10-5-2-3-6-11(10)16-13(14)18/h2-9,15H,1H3,(H3,14,16,18). The molecular formula is C13H15N3OS. The van der Waals surface area contributed by atoms with E-state index in [1.807, 2.05) is 43.3 Å². The topological polar surface area (TPSA) is 63.2 Å². The van der Waals surface area contributed by atoms with Crippen LogP contribution in [0, 0.1) is 0 Å². The lowest BCUT2D eigenvalue weighted by molar-refractivity contribution is 0.490. The van der Waals surface area contributed by atoms with Crippen LogP contribution < -0.4 is 16.4 Å². The van der Waals surface area contributed by atoms with E-state index in [0.717, 1.165) is 17.1 Å². The van der Waals surface area contributed by atoms with Crippen molar-refractivity contribution in [2.24, 2.45) is 5.73 Å². The fourth-order valence-corrected chi connectivity index (χ4v) is 1.80. The highest BCUT2D eigenvalue weighted by Gasteiger charge is 2.10. The van der Waals surface area contributed by atoms with E-state index in [9.17, 15) is 0 Å². The van der Waals surface area contributed by atoms with Gasteiger partial charge in [0.05, 0.1) is 23.7 Å². The average molecular weight is 261 g/mol. The number of anilines is 2. The minimum atomic E-state index is 0.0642. The molecule has 5 heteroatoms. The van der Waals surface area contributed by atoms with E-state index in [4.69, 9.17) is 22.4 Å². The minimum absolute atomic E-state index is 0.0642. The van der Waals surface area contributed by atoms with Gasteiger partial charge in [-0.25, -0.2) is 0 Å². The summed E-state index contributed by atoms with van der Waals surface area (Å²) in [4.78, 5) is 0. The zero-order chi connectivity index (χ0) is 13.0. The van der Waals surface area contributed by atoms with Gasteiger partial charge in [-0.3, -0.25) is 0 Å². The van der Waals surface area contributed by atoms with Crippen LogP contribution in [0.5, 0.6) is 0 Å². The fraction of sp³-hybridized carbons (Fsp3) is 0.154. The van der Waals surface area contributed by atoms with Crippen molar-refractivity contribution in [2.75, 3.05) is 10.6 Å². The SMILES string of the molecule is CC(Nc1ccccc1NC(N)=S)c1ccco1. The third-order valence-electron chi connectivity index (χ3n) is 2.53. The second-order valence-electron chi connectivity index (χ2n) is 3.92. The van der Waals surface area contributed by atoms with E-state index in [1.165, 1.54) is 0 Å². The van der Waals surface area contributed by atoms with Crippen LogP contribution in [0.4, 0.5) is 11.4 Å². The van der Waals surface area contributed by atoms with Gasteiger partial charge in [0.1, 0.15) is 5.76 Å². The molecule has 1 aromatic heterocycles. The Hall–Kier alpha value is -2.01. The molecule has 94 valence electrons. The van der Waals surface area contributed by atoms with Crippen LogP contribution >= 0.6 is 12.2 Å². The van der Waals surface area contributed by atoms with Gasteiger partial charge in [-0.1, -0.05) is 12.1 Å². The van der Waals surface area contributed by atoms with Crippen LogP contribution in [0.15, 0.2) is 47.1 Å². The molecule has 4 N–H and O–H groups in total. The van der Waals surface area contributed by atoms with E-state index >= 15 is 0 Å². The van der Waals surface area contributed by atoms with Gasteiger partial charge in [-0.15, -0.1) is 0 Å². The molecule has 0 aliphatic rings. The summed E-state index contributed by atoms with van der Waals surface area (Å²) in [6, 6.07) is 11.6. The molecule has 0 aliphatic carbocycles. The number of rotatable bonds is 4. The molecule has 1 aromatic carbocycles. The molecule has 1 heterocycles. The van der Waals surface area contributed by atoms with E-state index in [0.29, 0.717) is 0 Å². The summed E-state index contributed by atoms with van der Waals surface area (Å²) in [5, 5.41) is 6.53. The molecular weight excluding hydrogens is 246 g/mol. The smallest absolute Gasteiger partial charge is 0.168 e. The molecule has 0 fully saturated rings. The number of para-hydroxylation sites is 2. The summed E-state index contributed by atoms with van der Waals surface area (Å²) in [5.74, 6) is 0.875. The van der Waals surface area contributed by atoms with Crippen LogP contribution in [0.25, 0.3) is 0 Å². The summed E-state index contributed by atoms with van der Waals surface area (Å²) in [6.45, 7) is 2.02. The second-order valence-corrected chi connectivity index (χ2v) is 4.36. The predicted octanol–water partition coefficient (Wildman–Crippen LogP) is 3.11. The Kier molecular flexibility index (Phi) is 3.84. The first-order valence-corrected chi connectivity index (χ1v) is 6.03. The van der Waals surface area contributed by atoms with Crippen molar-refractivity contribution >= 4 is 28.7 Å². The highest BCUT2D eigenvalue weighted by atomic mass is 32.1. The van der Waals surface area contributed by atoms with Crippen molar-refractivity contribution in [3.63, 3.8) is 0 Å². The maximum atomic E-state index is 5.49. The van der Waals surface area contributed by atoms with Gasteiger partial charge in [-0.2, -0.15) is 0 Å². The number of hydrogen-bond donors (Lipinski definition) is 3. The first-order chi connectivity index (χ1) is 8.66. The van der Waals surface area contributed by atoms with Crippen LogP contribution in [-0.2, 0) is 0 Å². The molecule has 0 radical (unpaired) electrons. The molecule has 4 nitrogen and oxygen atoms in total. The maximum Gasteiger partial charge on any atom is 0.168 e. The van der Waals surface area contributed by atoms with E-state index in [2.05, 4.69) is 10.6 Å². The monoisotopic (exact) mass is 261 g/mol. The van der Waals surface area contributed by atoms with Crippen LogP contribution in [-0.4, -0.2) is 5.11 Å². The van der Waals surface area contributed by atoms with Crippen LogP contribution in [0.1, 0.15) is 18.7 Å². The molecule has 2 aromatic rings. The largest absolute Gasteiger partial charge is 0.467 e. The van der Waals surface area contributed by atoms with E-state index in [1.54, 1.807) is 6.26 Å². The van der Waals surface area contributed by atoms with Crippen molar-refractivity contribution in [1.29, 1.82) is 0 Å². The van der Waals surface area contributed by atoms with Crippen LogP contribution in [0.2, 0.25) is 0 Å². The Morgan fingerprint density at radius 1 is 1.22 bits per heavy atom. The minimum Gasteiger partial charge on any atom is -0.467 e. The summed E-state index contributed by atoms with van der Waals surface area (Å²) in [6.07, 6.45) is 1.66. The average Bonchev–Trinajstić information content (AvgIpc) is 2.84. The Balaban J connectivity index is 2.16. The quantitative estimate of drug-likeness (QED) is 0.738. The third-order valence-corrected chi connectivity index (χ3v) is 2.63. The van der Waals surface area contributed by atoms with Crippen molar-refractivity contribution < 1.29 is 4.42 Å². The zero-order valence-corrected chi connectivity index (χ0v) is 10.8. The highest BCUT2D eigenvalue weighted by Crippen LogP contribution is 2.26. The lowest BCUT2D eigenvalue weighted by atomic mass is 10.2. The first kappa shape index (κ1) is 12.4.